The number of ether oxygens (including phenoxy) is 1. The molecular weight excluding hydrogens is 390 g/mol. The first-order valence-electron chi connectivity index (χ1n) is 8.35. The van der Waals surface area contributed by atoms with Gasteiger partial charge in [0, 0.05) is 7.11 Å². The van der Waals surface area contributed by atoms with Crippen LogP contribution in [0.5, 0.6) is 11.5 Å². The number of phosphoric acid groups is 1. The molecular formula is C18H22O7P2. The highest BCUT2D eigenvalue weighted by molar-refractivity contribution is 7.49. The molecule has 1 aliphatic heterocycles. The highest BCUT2D eigenvalue weighted by Gasteiger charge is 2.45. The summed E-state index contributed by atoms with van der Waals surface area (Å²) in [4.78, 5) is 0. The lowest BCUT2D eigenvalue weighted by Crippen LogP contribution is -2.43. The van der Waals surface area contributed by atoms with Crippen molar-refractivity contribution in [1.82, 2.24) is 0 Å². The Morgan fingerprint density at radius 2 is 1.56 bits per heavy atom. The maximum atomic E-state index is 12.6. The molecule has 2 aromatic rings. The SMILES string of the molecule is COCC1(COPOc2ccccc2)COP(=O)(Oc2ccccc2)OC1. The minimum Gasteiger partial charge on any atom is -0.450 e. The summed E-state index contributed by atoms with van der Waals surface area (Å²) in [7, 11) is -2.27. The minimum absolute atomic E-state index is 0.126. The van der Waals surface area contributed by atoms with Gasteiger partial charge in [0.25, 0.3) is 0 Å². The quantitative estimate of drug-likeness (QED) is 0.445. The zero-order valence-electron chi connectivity index (χ0n) is 14.9. The molecule has 7 nitrogen and oxygen atoms in total. The molecule has 0 amide bonds. The molecule has 3 rings (SSSR count). The third kappa shape index (κ3) is 6.01. The molecule has 1 fully saturated rings. The standard InChI is InChI=1S/C18H22O7P2/c1-20-12-18(13-21-26-24-16-8-4-2-5-9-16)14-22-27(19,23-15-18)25-17-10-6-3-7-11-17/h2-11,26H,12-15H2,1H3. The van der Waals surface area contributed by atoms with Crippen LogP contribution in [-0.4, -0.2) is 33.5 Å². The summed E-state index contributed by atoms with van der Waals surface area (Å²) in [6, 6.07) is 18.2. The van der Waals surface area contributed by atoms with Crippen LogP contribution in [0, 0.1) is 5.41 Å². The van der Waals surface area contributed by atoms with Gasteiger partial charge < -0.3 is 18.3 Å². The van der Waals surface area contributed by atoms with Crippen LogP contribution in [-0.2, 0) is 22.9 Å². The third-order valence-electron chi connectivity index (χ3n) is 3.81. The predicted octanol–water partition coefficient (Wildman–Crippen LogP) is 4.46. The van der Waals surface area contributed by atoms with E-state index in [1.807, 2.05) is 36.4 Å². The first-order chi connectivity index (χ1) is 13.1. The van der Waals surface area contributed by atoms with Crippen molar-refractivity contribution in [3.05, 3.63) is 60.7 Å². The zero-order chi connectivity index (χ0) is 19.0. The van der Waals surface area contributed by atoms with Crippen LogP contribution in [0.4, 0.5) is 0 Å². The van der Waals surface area contributed by atoms with E-state index in [0.717, 1.165) is 5.75 Å². The Kier molecular flexibility index (Phi) is 7.25. The van der Waals surface area contributed by atoms with E-state index in [2.05, 4.69) is 0 Å². The van der Waals surface area contributed by atoms with Crippen molar-refractivity contribution < 1.29 is 31.9 Å². The molecule has 0 saturated carbocycles. The predicted molar refractivity (Wildman–Crippen MR) is 102 cm³/mol. The molecule has 27 heavy (non-hydrogen) atoms. The van der Waals surface area contributed by atoms with E-state index < -0.39 is 13.2 Å². The monoisotopic (exact) mass is 412 g/mol. The van der Waals surface area contributed by atoms with Crippen LogP contribution in [0.3, 0.4) is 0 Å². The highest BCUT2D eigenvalue weighted by Crippen LogP contribution is 2.54. The fraction of sp³-hybridized carbons (Fsp3) is 0.333. The van der Waals surface area contributed by atoms with E-state index in [4.69, 9.17) is 27.4 Å². The number of hydrogen-bond acceptors (Lipinski definition) is 7. The molecule has 0 spiro atoms. The third-order valence-corrected chi connectivity index (χ3v) is 5.71. The summed E-state index contributed by atoms with van der Waals surface area (Å²) >= 11 is 0. The van der Waals surface area contributed by atoms with Crippen molar-refractivity contribution >= 4 is 16.9 Å². The summed E-state index contributed by atoms with van der Waals surface area (Å²) < 4.78 is 45.5. The van der Waals surface area contributed by atoms with Gasteiger partial charge in [0.2, 0.25) is 9.03 Å². The van der Waals surface area contributed by atoms with Gasteiger partial charge in [-0.1, -0.05) is 36.4 Å². The first kappa shape index (κ1) is 20.3. The average Bonchev–Trinajstić information content (AvgIpc) is 2.70. The van der Waals surface area contributed by atoms with Gasteiger partial charge >= 0.3 is 7.82 Å². The molecule has 9 heteroatoms. The maximum absolute atomic E-state index is 12.6. The molecule has 0 aliphatic carbocycles. The Bertz CT molecular complexity index is 730. The van der Waals surface area contributed by atoms with E-state index in [-0.39, 0.29) is 28.9 Å². The Hall–Kier alpha value is -1.46. The van der Waals surface area contributed by atoms with Gasteiger partial charge in [-0.15, -0.1) is 0 Å². The molecule has 2 aromatic carbocycles. The maximum Gasteiger partial charge on any atom is 0.530 e. The van der Waals surface area contributed by atoms with Crippen molar-refractivity contribution in [1.29, 1.82) is 0 Å². The van der Waals surface area contributed by atoms with Crippen LogP contribution in [0.15, 0.2) is 60.7 Å². The minimum atomic E-state index is -3.67. The fourth-order valence-corrected chi connectivity index (χ4v) is 4.52. The normalized spacial score (nSPS) is 25.5. The summed E-state index contributed by atoms with van der Waals surface area (Å²) in [6.45, 7) is 0.854. The Morgan fingerprint density at radius 3 is 2.15 bits per heavy atom. The lowest BCUT2D eigenvalue weighted by Gasteiger charge is -2.37. The van der Waals surface area contributed by atoms with E-state index in [1.165, 1.54) is 0 Å². The van der Waals surface area contributed by atoms with E-state index in [1.54, 1.807) is 31.4 Å². The number of para-hydroxylation sites is 2. The lowest BCUT2D eigenvalue weighted by atomic mass is 9.93. The smallest absolute Gasteiger partial charge is 0.450 e. The van der Waals surface area contributed by atoms with Gasteiger partial charge in [-0.2, -0.15) is 0 Å². The molecule has 1 aliphatic rings. The van der Waals surface area contributed by atoms with Crippen LogP contribution < -0.4 is 9.05 Å². The number of methoxy groups -OCH3 is 1. The molecule has 1 heterocycles. The van der Waals surface area contributed by atoms with Gasteiger partial charge in [0.15, 0.2) is 0 Å². The topological polar surface area (TPSA) is 72.5 Å². The summed E-state index contributed by atoms with van der Waals surface area (Å²) in [6.07, 6.45) is 0. The van der Waals surface area contributed by atoms with Crippen molar-refractivity contribution in [3.63, 3.8) is 0 Å². The van der Waals surface area contributed by atoms with Gasteiger partial charge in [-0.3, -0.25) is 9.05 Å². The molecule has 0 bridgehead atoms. The Labute approximate surface area is 160 Å². The summed E-state index contributed by atoms with van der Waals surface area (Å²) in [5.41, 5.74) is -0.588. The second-order valence-corrected chi connectivity index (χ2v) is 8.37. The van der Waals surface area contributed by atoms with Gasteiger partial charge in [0.05, 0.1) is 31.8 Å². The van der Waals surface area contributed by atoms with Crippen molar-refractivity contribution in [2.45, 2.75) is 0 Å². The van der Waals surface area contributed by atoms with E-state index in [0.29, 0.717) is 12.4 Å². The number of benzene rings is 2. The molecule has 0 N–H and O–H groups in total. The second-order valence-electron chi connectivity index (χ2n) is 6.12. The number of rotatable bonds is 9. The molecule has 1 unspecified atom stereocenters. The van der Waals surface area contributed by atoms with Gasteiger partial charge in [-0.25, -0.2) is 4.57 Å². The lowest BCUT2D eigenvalue weighted by molar-refractivity contribution is -0.0660. The molecule has 0 aromatic heterocycles. The fourth-order valence-electron chi connectivity index (χ4n) is 2.44. The van der Waals surface area contributed by atoms with E-state index in [9.17, 15) is 4.57 Å². The van der Waals surface area contributed by atoms with Crippen molar-refractivity contribution in [3.8, 4) is 11.5 Å². The van der Waals surface area contributed by atoms with Gasteiger partial charge in [-0.05, 0) is 24.3 Å². The van der Waals surface area contributed by atoms with Gasteiger partial charge in [0.1, 0.15) is 11.5 Å². The van der Waals surface area contributed by atoms with E-state index >= 15 is 0 Å². The molecule has 1 atom stereocenters. The summed E-state index contributed by atoms with van der Waals surface area (Å²) in [5, 5.41) is 0. The molecule has 0 radical (unpaired) electrons. The number of phosphoric ester groups is 1. The van der Waals surface area contributed by atoms with Crippen LogP contribution in [0.1, 0.15) is 0 Å². The second kappa shape index (κ2) is 9.65. The number of hydrogen-bond donors (Lipinski definition) is 0. The highest BCUT2D eigenvalue weighted by atomic mass is 31.2. The Balaban J connectivity index is 1.51. The van der Waals surface area contributed by atoms with Crippen LogP contribution in [0.2, 0.25) is 0 Å². The molecule has 1 saturated heterocycles. The molecule has 146 valence electrons. The largest absolute Gasteiger partial charge is 0.530 e. The van der Waals surface area contributed by atoms with Crippen molar-refractivity contribution in [2.75, 3.05) is 33.5 Å². The average molecular weight is 412 g/mol. The van der Waals surface area contributed by atoms with Crippen LogP contribution >= 0.6 is 16.9 Å². The van der Waals surface area contributed by atoms with Crippen molar-refractivity contribution in [2.24, 2.45) is 5.41 Å². The Morgan fingerprint density at radius 1 is 0.963 bits per heavy atom. The zero-order valence-corrected chi connectivity index (χ0v) is 16.8. The van der Waals surface area contributed by atoms with Crippen LogP contribution in [0.25, 0.3) is 0 Å². The summed E-state index contributed by atoms with van der Waals surface area (Å²) in [5.74, 6) is 1.16. The first-order valence-corrected chi connectivity index (χ1v) is 10.6.